The van der Waals surface area contributed by atoms with E-state index in [-0.39, 0.29) is 22.7 Å². The largest absolute Gasteiger partial charge is 0.389 e. The van der Waals surface area contributed by atoms with Gasteiger partial charge in [0.15, 0.2) is 5.82 Å². The zero-order valence-corrected chi connectivity index (χ0v) is 19.4. The molecule has 8 nitrogen and oxygen atoms in total. The van der Waals surface area contributed by atoms with Gasteiger partial charge in [-0.3, -0.25) is 4.98 Å². The molecule has 4 aromatic rings. The Kier molecular flexibility index (Phi) is 6.23. The molecular weight excluding hydrogens is 452 g/mol. The predicted octanol–water partition coefficient (Wildman–Crippen LogP) is 3.88. The first-order valence-electron chi connectivity index (χ1n) is 11.4. The fourth-order valence-corrected chi connectivity index (χ4v) is 4.24. The quantitative estimate of drug-likeness (QED) is 0.398. The smallest absolute Gasteiger partial charge is 0.229 e. The number of nitrogens with one attached hydrogen (secondary N) is 2. The summed E-state index contributed by atoms with van der Waals surface area (Å²) in [5.41, 5.74) is 2.36. The van der Waals surface area contributed by atoms with Crippen LogP contribution in [0.15, 0.2) is 42.7 Å². The Hall–Kier alpha value is -3.76. The number of hydrogen-bond acceptors (Lipinski definition) is 8. The lowest BCUT2D eigenvalue weighted by molar-refractivity contribution is 0.200. The van der Waals surface area contributed by atoms with Crippen LogP contribution in [0.2, 0.25) is 0 Å². The number of rotatable bonds is 5. The van der Waals surface area contributed by atoms with Crippen LogP contribution in [0.1, 0.15) is 24.3 Å². The van der Waals surface area contributed by atoms with Crippen molar-refractivity contribution in [3.63, 3.8) is 0 Å². The number of aliphatic hydroxyl groups is 1. The Labute approximate surface area is 201 Å². The van der Waals surface area contributed by atoms with Gasteiger partial charge in [0.2, 0.25) is 5.95 Å². The first-order valence-corrected chi connectivity index (χ1v) is 11.4. The highest BCUT2D eigenvalue weighted by Crippen LogP contribution is 2.32. The van der Waals surface area contributed by atoms with Crippen molar-refractivity contribution in [3.8, 4) is 11.3 Å². The molecule has 10 heteroatoms. The highest BCUT2D eigenvalue weighted by Gasteiger charge is 2.18. The van der Waals surface area contributed by atoms with E-state index in [1.165, 1.54) is 6.07 Å². The number of aliphatic hydroxyl groups excluding tert-OH is 1. The lowest BCUT2D eigenvalue weighted by Crippen LogP contribution is -2.43. The average molecular weight is 478 g/mol. The molecule has 5 rings (SSSR count). The van der Waals surface area contributed by atoms with Gasteiger partial charge in [-0.2, -0.15) is 0 Å². The standard InChI is InChI=1S/C25H25F2N7O/c1-14-9-18(15(2)35)19-10-16(11-20(26)24(19)31-14)23-21(27)13-30-25(33-23)32-22-4-3-17(12-29-22)34-7-5-28-6-8-34/h3-4,9-13,15,28,35H,5-8H2,1-2H3,(H,29,30,32,33). The monoisotopic (exact) mass is 477 g/mol. The van der Waals surface area contributed by atoms with E-state index < -0.39 is 17.7 Å². The molecule has 3 N–H and O–H groups in total. The summed E-state index contributed by atoms with van der Waals surface area (Å²) in [6.45, 7) is 6.99. The summed E-state index contributed by atoms with van der Waals surface area (Å²) in [4.78, 5) is 19.2. The zero-order chi connectivity index (χ0) is 24.5. The van der Waals surface area contributed by atoms with E-state index in [1.54, 1.807) is 32.2 Å². The van der Waals surface area contributed by atoms with Crippen LogP contribution in [-0.4, -0.2) is 51.2 Å². The summed E-state index contributed by atoms with van der Waals surface area (Å²) >= 11 is 0. The average Bonchev–Trinajstić information content (AvgIpc) is 2.86. The first-order chi connectivity index (χ1) is 16.9. The van der Waals surface area contributed by atoms with Gasteiger partial charge >= 0.3 is 0 Å². The molecule has 0 spiro atoms. The van der Waals surface area contributed by atoms with Gasteiger partial charge in [-0.1, -0.05) is 0 Å². The Morgan fingerprint density at radius 2 is 1.83 bits per heavy atom. The van der Waals surface area contributed by atoms with E-state index in [1.807, 2.05) is 12.1 Å². The lowest BCUT2D eigenvalue weighted by Gasteiger charge is -2.29. The molecule has 3 aromatic heterocycles. The highest BCUT2D eigenvalue weighted by molar-refractivity contribution is 5.88. The third kappa shape index (κ3) is 4.75. The van der Waals surface area contributed by atoms with E-state index in [0.717, 1.165) is 38.1 Å². The molecule has 1 saturated heterocycles. The molecule has 1 aliphatic rings. The lowest BCUT2D eigenvalue weighted by atomic mass is 10.00. The van der Waals surface area contributed by atoms with E-state index in [9.17, 15) is 13.9 Å². The number of halogens is 2. The molecule has 180 valence electrons. The molecule has 0 saturated carbocycles. The van der Waals surface area contributed by atoms with Crippen molar-refractivity contribution in [1.82, 2.24) is 25.3 Å². The molecule has 35 heavy (non-hydrogen) atoms. The maximum absolute atomic E-state index is 15.0. The van der Waals surface area contributed by atoms with Crippen LogP contribution < -0.4 is 15.5 Å². The number of aromatic nitrogens is 4. The van der Waals surface area contributed by atoms with Crippen molar-refractivity contribution in [2.45, 2.75) is 20.0 Å². The second-order valence-electron chi connectivity index (χ2n) is 8.54. The molecule has 0 aliphatic carbocycles. The van der Waals surface area contributed by atoms with Gasteiger partial charge in [0.1, 0.15) is 22.8 Å². The van der Waals surface area contributed by atoms with Crippen LogP contribution >= 0.6 is 0 Å². The minimum Gasteiger partial charge on any atom is -0.389 e. The third-order valence-electron chi connectivity index (χ3n) is 5.96. The molecule has 0 radical (unpaired) electrons. The van der Waals surface area contributed by atoms with E-state index in [0.29, 0.717) is 22.5 Å². The fraction of sp³-hybridized carbons (Fsp3) is 0.280. The molecule has 4 heterocycles. The minimum absolute atomic E-state index is 0.0714. The van der Waals surface area contributed by atoms with Crippen molar-refractivity contribution in [2.75, 3.05) is 36.4 Å². The molecule has 0 bridgehead atoms. The van der Waals surface area contributed by atoms with Crippen molar-refractivity contribution in [3.05, 3.63) is 65.6 Å². The number of nitrogens with zero attached hydrogens (tertiary/aromatic N) is 5. The van der Waals surface area contributed by atoms with Gasteiger partial charge in [-0.15, -0.1) is 0 Å². The molecule has 1 unspecified atom stereocenters. The van der Waals surface area contributed by atoms with Crippen LogP contribution in [0, 0.1) is 18.6 Å². The van der Waals surface area contributed by atoms with Gasteiger partial charge in [-0.05, 0) is 49.7 Å². The normalized spacial score (nSPS) is 14.8. The Balaban J connectivity index is 1.46. The van der Waals surface area contributed by atoms with Gasteiger partial charge in [0, 0.05) is 42.8 Å². The number of benzene rings is 1. The maximum atomic E-state index is 15.0. The first kappa shape index (κ1) is 23.0. The number of piperazine rings is 1. The van der Waals surface area contributed by atoms with Gasteiger partial charge in [0.05, 0.1) is 24.2 Å². The third-order valence-corrected chi connectivity index (χ3v) is 5.96. The Morgan fingerprint density at radius 3 is 2.54 bits per heavy atom. The molecule has 1 aliphatic heterocycles. The van der Waals surface area contributed by atoms with Crippen LogP contribution in [0.3, 0.4) is 0 Å². The number of anilines is 3. The SMILES string of the molecule is Cc1cc(C(C)O)c2cc(-c3nc(Nc4ccc(N5CCNCC5)cn4)ncc3F)cc(F)c2n1. The molecule has 1 aromatic carbocycles. The van der Waals surface area contributed by atoms with Crippen LogP contribution in [0.4, 0.5) is 26.2 Å². The summed E-state index contributed by atoms with van der Waals surface area (Å²) < 4.78 is 29.7. The summed E-state index contributed by atoms with van der Waals surface area (Å²) in [7, 11) is 0. The predicted molar refractivity (Wildman–Crippen MR) is 131 cm³/mol. The Morgan fingerprint density at radius 1 is 1.03 bits per heavy atom. The van der Waals surface area contributed by atoms with E-state index >= 15 is 0 Å². The number of fused-ring (bicyclic) bond motifs is 1. The molecule has 0 amide bonds. The summed E-state index contributed by atoms with van der Waals surface area (Å²) in [5.74, 6) is -0.694. The van der Waals surface area contributed by atoms with Crippen molar-refractivity contribution in [1.29, 1.82) is 0 Å². The van der Waals surface area contributed by atoms with E-state index in [4.69, 9.17) is 0 Å². The molecule has 1 fully saturated rings. The van der Waals surface area contributed by atoms with Gasteiger partial charge in [-0.25, -0.2) is 23.7 Å². The molecule has 1 atom stereocenters. The second-order valence-corrected chi connectivity index (χ2v) is 8.54. The fourth-order valence-electron chi connectivity index (χ4n) is 4.24. The summed E-state index contributed by atoms with van der Waals surface area (Å²) in [5, 5.41) is 16.9. The summed E-state index contributed by atoms with van der Waals surface area (Å²) in [6, 6.07) is 8.23. The van der Waals surface area contributed by atoms with Gasteiger partial charge in [0.25, 0.3) is 0 Å². The van der Waals surface area contributed by atoms with Crippen LogP contribution in [0.5, 0.6) is 0 Å². The second kappa shape index (κ2) is 9.47. The summed E-state index contributed by atoms with van der Waals surface area (Å²) in [6.07, 6.45) is 1.95. The zero-order valence-electron chi connectivity index (χ0n) is 19.4. The highest BCUT2D eigenvalue weighted by atomic mass is 19.1. The maximum Gasteiger partial charge on any atom is 0.229 e. The van der Waals surface area contributed by atoms with Crippen molar-refractivity contribution >= 4 is 28.4 Å². The van der Waals surface area contributed by atoms with Crippen LogP contribution in [-0.2, 0) is 0 Å². The minimum atomic E-state index is -0.850. The van der Waals surface area contributed by atoms with Gasteiger partial charge < -0.3 is 20.6 Å². The van der Waals surface area contributed by atoms with Crippen molar-refractivity contribution in [2.24, 2.45) is 0 Å². The number of pyridine rings is 2. The Bertz CT molecular complexity index is 1370. The van der Waals surface area contributed by atoms with Crippen molar-refractivity contribution < 1.29 is 13.9 Å². The topological polar surface area (TPSA) is 99.1 Å². The number of aryl methyl sites for hydroxylation is 1. The molecular formula is C25H25F2N7O. The van der Waals surface area contributed by atoms with Crippen LogP contribution in [0.25, 0.3) is 22.2 Å². The number of hydrogen-bond donors (Lipinski definition) is 3. The van der Waals surface area contributed by atoms with E-state index in [2.05, 4.69) is 35.5 Å².